The first-order valence-corrected chi connectivity index (χ1v) is 6.58. The molecule has 1 heterocycles. The summed E-state index contributed by atoms with van der Waals surface area (Å²) in [4.78, 5) is 17.7. The molecule has 2 rings (SSSR count). The number of hydrogen-bond acceptors (Lipinski definition) is 3. The Hall–Kier alpha value is -1.10. The third-order valence-electron chi connectivity index (χ3n) is 2.91. The molecule has 0 aromatic carbocycles. The molecule has 0 atom stereocenters. The maximum absolute atomic E-state index is 11.8. The van der Waals surface area contributed by atoms with Gasteiger partial charge in [-0.3, -0.25) is 0 Å². The van der Waals surface area contributed by atoms with E-state index in [1.165, 1.54) is 12.8 Å². The molecule has 0 saturated heterocycles. The number of nitrogens with zero attached hydrogens (tertiary/aromatic N) is 2. The molecule has 1 aromatic rings. The van der Waals surface area contributed by atoms with Crippen molar-refractivity contribution >= 4 is 17.4 Å². The highest BCUT2D eigenvalue weighted by Crippen LogP contribution is 2.17. The van der Waals surface area contributed by atoms with Gasteiger partial charge in [0.25, 0.3) is 0 Å². The van der Waals surface area contributed by atoms with Crippen LogP contribution in [0.4, 0.5) is 4.79 Å². The van der Waals surface area contributed by atoms with Gasteiger partial charge in [-0.2, -0.15) is 0 Å². The summed E-state index contributed by atoms with van der Waals surface area (Å²) in [5.41, 5.74) is 2.74. The largest absolute Gasteiger partial charge is 0.335 e. The lowest BCUT2D eigenvalue weighted by atomic mass is 10.2. The molecule has 1 aromatic heterocycles. The van der Waals surface area contributed by atoms with E-state index >= 15 is 0 Å². The van der Waals surface area contributed by atoms with Crippen LogP contribution in [0.2, 0.25) is 0 Å². The van der Waals surface area contributed by atoms with E-state index in [1.54, 1.807) is 21.7 Å². The van der Waals surface area contributed by atoms with E-state index < -0.39 is 0 Å². The van der Waals surface area contributed by atoms with Crippen LogP contribution in [-0.2, 0) is 6.54 Å². The molecule has 16 heavy (non-hydrogen) atoms. The van der Waals surface area contributed by atoms with Crippen LogP contribution in [0.5, 0.6) is 0 Å². The van der Waals surface area contributed by atoms with Crippen molar-refractivity contribution in [1.82, 2.24) is 15.2 Å². The number of hydrogen-bond donors (Lipinski definition) is 1. The topological polar surface area (TPSA) is 45.2 Å². The Bertz CT molecular complexity index is 333. The van der Waals surface area contributed by atoms with Crippen LogP contribution < -0.4 is 5.32 Å². The fourth-order valence-electron chi connectivity index (χ4n) is 1.99. The average molecular weight is 239 g/mol. The van der Waals surface area contributed by atoms with Crippen molar-refractivity contribution in [2.24, 2.45) is 0 Å². The number of rotatable bonds is 3. The first-order chi connectivity index (χ1) is 7.75. The van der Waals surface area contributed by atoms with Gasteiger partial charge in [0.05, 0.1) is 17.7 Å². The van der Waals surface area contributed by atoms with Crippen LogP contribution >= 0.6 is 11.3 Å². The second kappa shape index (κ2) is 5.30. The van der Waals surface area contributed by atoms with Gasteiger partial charge in [0, 0.05) is 18.5 Å². The third-order valence-corrected chi connectivity index (χ3v) is 3.55. The maximum Gasteiger partial charge on any atom is 0.317 e. The Morgan fingerprint density at radius 2 is 2.38 bits per heavy atom. The SMILES string of the molecule is CN(Cc1cscn1)C(=O)NC1CCCC1. The van der Waals surface area contributed by atoms with Crippen molar-refractivity contribution in [1.29, 1.82) is 0 Å². The molecule has 0 radical (unpaired) electrons. The summed E-state index contributed by atoms with van der Waals surface area (Å²) in [6.07, 6.45) is 4.72. The van der Waals surface area contributed by atoms with Crippen molar-refractivity contribution < 1.29 is 4.79 Å². The van der Waals surface area contributed by atoms with Crippen molar-refractivity contribution in [2.45, 2.75) is 38.3 Å². The molecule has 1 N–H and O–H groups in total. The first kappa shape index (κ1) is 11.4. The quantitative estimate of drug-likeness (QED) is 0.879. The first-order valence-electron chi connectivity index (χ1n) is 5.64. The molecular weight excluding hydrogens is 222 g/mol. The highest BCUT2D eigenvalue weighted by molar-refractivity contribution is 7.07. The van der Waals surface area contributed by atoms with Gasteiger partial charge in [-0.25, -0.2) is 9.78 Å². The summed E-state index contributed by atoms with van der Waals surface area (Å²) in [6, 6.07) is 0.394. The highest BCUT2D eigenvalue weighted by Gasteiger charge is 2.19. The molecule has 88 valence electrons. The van der Waals surface area contributed by atoms with Gasteiger partial charge in [-0.1, -0.05) is 12.8 Å². The summed E-state index contributed by atoms with van der Waals surface area (Å²) in [5, 5.41) is 5.03. The number of carbonyl (C=O) groups excluding carboxylic acids is 1. The minimum absolute atomic E-state index is 0.0138. The van der Waals surface area contributed by atoms with E-state index in [1.807, 2.05) is 12.4 Å². The van der Waals surface area contributed by atoms with Gasteiger partial charge < -0.3 is 10.2 Å². The molecule has 1 saturated carbocycles. The molecule has 0 spiro atoms. The molecule has 2 amide bonds. The van der Waals surface area contributed by atoms with Crippen LogP contribution in [0.25, 0.3) is 0 Å². The normalized spacial score (nSPS) is 16.3. The number of urea groups is 1. The predicted octanol–water partition coefficient (Wildman–Crippen LogP) is 2.23. The maximum atomic E-state index is 11.8. The van der Waals surface area contributed by atoms with Gasteiger partial charge >= 0.3 is 6.03 Å². The van der Waals surface area contributed by atoms with E-state index in [2.05, 4.69) is 10.3 Å². The van der Waals surface area contributed by atoms with Crippen molar-refractivity contribution in [3.8, 4) is 0 Å². The second-order valence-electron chi connectivity index (χ2n) is 4.27. The van der Waals surface area contributed by atoms with Crippen LogP contribution in [0.15, 0.2) is 10.9 Å². The van der Waals surface area contributed by atoms with Crippen molar-refractivity contribution in [2.75, 3.05) is 7.05 Å². The third kappa shape index (κ3) is 2.95. The summed E-state index contributed by atoms with van der Waals surface area (Å²) < 4.78 is 0. The standard InChI is InChI=1S/C11H17N3OS/c1-14(6-10-7-16-8-12-10)11(15)13-9-4-2-3-5-9/h7-9H,2-6H2,1H3,(H,13,15). The molecular formula is C11H17N3OS. The Balaban J connectivity index is 1.79. The van der Waals surface area contributed by atoms with Gasteiger partial charge in [-0.15, -0.1) is 11.3 Å². The zero-order valence-corrected chi connectivity index (χ0v) is 10.3. The van der Waals surface area contributed by atoms with Gasteiger partial charge in [-0.05, 0) is 12.8 Å². The molecule has 1 aliphatic carbocycles. The van der Waals surface area contributed by atoms with Crippen LogP contribution in [-0.4, -0.2) is 29.0 Å². The van der Waals surface area contributed by atoms with Gasteiger partial charge in [0.1, 0.15) is 0 Å². The molecule has 0 aliphatic heterocycles. The van der Waals surface area contributed by atoms with Crippen molar-refractivity contribution in [3.63, 3.8) is 0 Å². The Morgan fingerprint density at radius 1 is 1.62 bits per heavy atom. The minimum Gasteiger partial charge on any atom is -0.335 e. The molecule has 5 heteroatoms. The monoisotopic (exact) mass is 239 g/mol. The number of thiazole rings is 1. The Morgan fingerprint density at radius 3 is 3.00 bits per heavy atom. The van der Waals surface area contributed by atoms with Gasteiger partial charge in [0.15, 0.2) is 0 Å². The van der Waals surface area contributed by atoms with Crippen LogP contribution in [0.3, 0.4) is 0 Å². The summed E-state index contributed by atoms with van der Waals surface area (Å²) >= 11 is 1.56. The lowest BCUT2D eigenvalue weighted by molar-refractivity contribution is 0.202. The molecule has 0 unspecified atom stereocenters. The number of amides is 2. The number of nitrogens with one attached hydrogen (secondary N) is 1. The molecule has 1 aliphatic rings. The van der Waals surface area contributed by atoms with Crippen LogP contribution in [0, 0.1) is 0 Å². The molecule has 4 nitrogen and oxygen atoms in total. The fourth-order valence-corrected chi connectivity index (χ4v) is 2.53. The smallest absolute Gasteiger partial charge is 0.317 e. The summed E-state index contributed by atoms with van der Waals surface area (Å²) in [7, 11) is 1.81. The number of aromatic nitrogens is 1. The van der Waals surface area contributed by atoms with E-state index in [0.29, 0.717) is 12.6 Å². The zero-order valence-electron chi connectivity index (χ0n) is 9.48. The Kier molecular flexibility index (Phi) is 3.77. The van der Waals surface area contributed by atoms with E-state index in [9.17, 15) is 4.79 Å². The molecule has 1 fully saturated rings. The summed E-state index contributed by atoms with van der Waals surface area (Å²) in [5.74, 6) is 0. The summed E-state index contributed by atoms with van der Waals surface area (Å²) in [6.45, 7) is 0.585. The lowest BCUT2D eigenvalue weighted by Crippen LogP contribution is -2.41. The van der Waals surface area contributed by atoms with E-state index in [-0.39, 0.29) is 6.03 Å². The van der Waals surface area contributed by atoms with Crippen LogP contribution in [0.1, 0.15) is 31.4 Å². The zero-order chi connectivity index (χ0) is 11.4. The van der Waals surface area contributed by atoms with E-state index in [0.717, 1.165) is 18.5 Å². The van der Waals surface area contributed by atoms with E-state index in [4.69, 9.17) is 0 Å². The predicted molar refractivity (Wildman–Crippen MR) is 64.4 cm³/mol. The molecule has 0 bridgehead atoms. The highest BCUT2D eigenvalue weighted by atomic mass is 32.1. The average Bonchev–Trinajstić information content (AvgIpc) is 2.90. The Labute approximate surface area is 99.7 Å². The number of carbonyl (C=O) groups is 1. The minimum atomic E-state index is 0.0138. The van der Waals surface area contributed by atoms with Gasteiger partial charge in [0.2, 0.25) is 0 Å². The second-order valence-corrected chi connectivity index (χ2v) is 4.99. The lowest BCUT2D eigenvalue weighted by Gasteiger charge is -2.20. The van der Waals surface area contributed by atoms with Crippen molar-refractivity contribution in [3.05, 3.63) is 16.6 Å². The fraction of sp³-hybridized carbons (Fsp3) is 0.636.